The Morgan fingerprint density at radius 3 is 2.30 bits per heavy atom. The molecule has 9 atom stereocenters. The fourth-order valence-corrected chi connectivity index (χ4v) is 7.59. The second-order valence-electron chi connectivity index (χ2n) is 12.2. The van der Waals surface area contributed by atoms with Gasteiger partial charge in [0.15, 0.2) is 6.10 Å². The SMILES string of the molecule is C/C=C(/C)C(=O)OCC1=C[C@@H]2C(O)C3(C=C(C)[C@H](OC(=O)/C(C)=C\C)[C@@]3(O)[C@@H]1O)[C@H](C)C[C@@H]1[C@H]2C1(C)C. The van der Waals surface area contributed by atoms with Crippen molar-refractivity contribution >= 4 is 11.9 Å². The van der Waals surface area contributed by atoms with Crippen molar-refractivity contribution in [3.8, 4) is 0 Å². The minimum atomic E-state index is -2.05. The number of rotatable bonds is 5. The highest BCUT2D eigenvalue weighted by molar-refractivity contribution is 5.88. The van der Waals surface area contributed by atoms with Crippen LogP contribution in [0.4, 0.5) is 0 Å². The third-order valence-corrected chi connectivity index (χ3v) is 10.1. The summed E-state index contributed by atoms with van der Waals surface area (Å²) in [6, 6.07) is 0. The van der Waals surface area contributed by atoms with E-state index in [0.717, 1.165) is 6.42 Å². The lowest BCUT2D eigenvalue weighted by atomic mass is 9.58. The second kappa shape index (κ2) is 9.21. The molecule has 0 aromatic rings. The highest BCUT2D eigenvalue weighted by Gasteiger charge is 2.76. The van der Waals surface area contributed by atoms with Crippen LogP contribution < -0.4 is 0 Å². The van der Waals surface area contributed by atoms with Gasteiger partial charge in [-0.25, -0.2) is 9.59 Å². The van der Waals surface area contributed by atoms with Gasteiger partial charge in [-0.2, -0.15) is 0 Å². The molecule has 2 fully saturated rings. The summed E-state index contributed by atoms with van der Waals surface area (Å²) in [6.45, 7) is 14.6. The maximum absolute atomic E-state index is 12.9. The first-order valence-corrected chi connectivity index (χ1v) is 13.3. The molecule has 7 nitrogen and oxygen atoms in total. The molecule has 7 heteroatoms. The van der Waals surface area contributed by atoms with Crippen LogP contribution >= 0.6 is 0 Å². The lowest BCUT2D eigenvalue weighted by Gasteiger charge is -2.52. The number of aliphatic hydroxyl groups is 3. The first kappa shape index (κ1) is 27.8. The molecule has 0 aromatic carbocycles. The van der Waals surface area contributed by atoms with Crippen LogP contribution in [0.15, 0.2) is 46.6 Å². The highest BCUT2D eigenvalue weighted by atomic mass is 16.6. The summed E-state index contributed by atoms with van der Waals surface area (Å²) >= 11 is 0. The predicted molar refractivity (Wildman–Crippen MR) is 139 cm³/mol. The number of aliphatic hydroxyl groups excluding tert-OH is 2. The van der Waals surface area contributed by atoms with Crippen LogP contribution in [0.25, 0.3) is 0 Å². The van der Waals surface area contributed by atoms with Crippen molar-refractivity contribution < 1.29 is 34.4 Å². The van der Waals surface area contributed by atoms with E-state index in [1.807, 2.05) is 19.1 Å². The Labute approximate surface area is 219 Å². The third-order valence-electron chi connectivity index (χ3n) is 10.1. The van der Waals surface area contributed by atoms with Crippen molar-refractivity contribution in [2.24, 2.45) is 34.5 Å². The van der Waals surface area contributed by atoms with Crippen molar-refractivity contribution in [3.05, 3.63) is 46.6 Å². The molecule has 204 valence electrons. The number of carbonyl (C=O) groups excluding carboxylic acids is 2. The second-order valence-corrected chi connectivity index (χ2v) is 12.2. The largest absolute Gasteiger partial charge is 0.458 e. The van der Waals surface area contributed by atoms with Crippen LogP contribution in [0.3, 0.4) is 0 Å². The van der Waals surface area contributed by atoms with Gasteiger partial charge < -0.3 is 24.8 Å². The van der Waals surface area contributed by atoms with E-state index in [9.17, 15) is 24.9 Å². The van der Waals surface area contributed by atoms with Gasteiger partial charge in [-0.15, -0.1) is 0 Å². The molecule has 4 aliphatic carbocycles. The number of hydrogen-bond acceptors (Lipinski definition) is 7. The van der Waals surface area contributed by atoms with Gasteiger partial charge in [0.1, 0.15) is 18.3 Å². The zero-order valence-electron chi connectivity index (χ0n) is 23.2. The van der Waals surface area contributed by atoms with E-state index in [-0.39, 0.29) is 29.8 Å². The fourth-order valence-electron chi connectivity index (χ4n) is 7.59. The number of carbonyl (C=O) groups is 2. The lowest BCUT2D eigenvalue weighted by Crippen LogP contribution is -2.67. The van der Waals surface area contributed by atoms with Crippen LogP contribution in [0.2, 0.25) is 0 Å². The minimum absolute atomic E-state index is 0.0129. The van der Waals surface area contributed by atoms with Crippen LogP contribution in [0.5, 0.6) is 0 Å². The summed E-state index contributed by atoms with van der Waals surface area (Å²) in [4.78, 5) is 25.3. The van der Waals surface area contributed by atoms with Gasteiger partial charge in [0.05, 0.1) is 11.5 Å². The van der Waals surface area contributed by atoms with Crippen LogP contribution in [0, 0.1) is 34.5 Å². The predicted octanol–water partition coefficient (Wildman–Crippen LogP) is 3.64. The van der Waals surface area contributed by atoms with E-state index in [1.54, 1.807) is 46.8 Å². The first-order chi connectivity index (χ1) is 17.2. The molecule has 37 heavy (non-hydrogen) atoms. The Morgan fingerprint density at radius 1 is 1.11 bits per heavy atom. The van der Waals surface area contributed by atoms with Gasteiger partial charge in [-0.05, 0) is 75.4 Å². The minimum Gasteiger partial charge on any atom is -0.458 e. The number of esters is 2. The average Bonchev–Trinajstić information content (AvgIpc) is 3.35. The molecule has 4 rings (SSSR count). The summed E-state index contributed by atoms with van der Waals surface area (Å²) in [5, 5.41) is 36.7. The van der Waals surface area contributed by atoms with Crippen molar-refractivity contribution in [2.45, 2.75) is 85.7 Å². The van der Waals surface area contributed by atoms with Crippen molar-refractivity contribution in [2.75, 3.05) is 6.61 Å². The summed E-state index contributed by atoms with van der Waals surface area (Å²) in [7, 11) is 0. The van der Waals surface area contributed by atoms with Gasteiger partial charge in [0, 0.05) is 17.1 Å². The van der Waals surface area contributed by atoms with Crippen LogP contribution in [0.1, 0.15) is 61.8 Å². The molecule has 0 amide bonds. The molecule has 4 aliphatic rings. The molecule has 0 saturated heterocycles. The van der Waals surface area contributed by atoms with Gasteiger partial charge in [-0.1, -0.05) is 45.1 Å². The standard InChI is InChI=1S/C30H42O7/c1-9-15(3)26(33)36-14-19-12-20-22-21(28(22,7)8)11-18(6)29(24(20)32)13-17(5)25(30(29,35)23(19)31)37-27(34)16(4)10-2/h9-10,12-13,18,20-25,31-32,35H,11,14H2,1-8H3/b15-9-,16-10-/t18-,20+,21-,22+,23-,24?,25+,29?,30+/m1/s1. The lowest BCUT2D eigenvalue weighted by molar-refractivity contribution is -0.223. The van der Waals surface area contributed by atoms with Crippen LogP contribution in [-0.2, 0) is 19.1 Å². The molecule has 2 unspecified atom stereocenters. The molecule has 0 aliphatic heterocycles. The van der Waals surface area contributed by atoms with Gasteiger partial charge in [0.25, 0.3) is 0 Å². The topological polar surface area (TPSA) is 113 Å². The van der Waals surface area contributed by atoms with E-state index in [0.29, 0.717) is 28.2 Å². The molecule has 0 heterocycles. The summed E-state index contributed by atoms with van der Waals surface area (Å²) in [5.74, 6) is -1.24. The average molecular weight is 515 g/mol. The van der Waals surface area contributed by atoms with Gasteiger partial charge in [0.2, 0.25) is 0 Å². The third kappa shape index (κ3) is 3.80. The summed E-state index contributed by atoms with van der Waals surface area (Å²) in [6.07, 6.45) is 3.93. The number of ether oxygens (including phenoxy) is 2. The van der Waals surface area contributed by atoms with Gasteiger partial charge >= 0.3 is 11.9 Å². The van der Waals surface area contributed by atoms with E-state index in [1.165, 1.54) is 0 Å². The Morgan fingerprint density at radius 2 is 1.70 bits per heavy atom. The van der Waals surface area contributed by atoms with E-state index in [2.05, 4.69) is 13.8 Å². The summed E-state index contributed by atoms with van der Waals surface area (Å²) < 4.78 is 11.4. The molecular weight excluding hydrogens is 472 g/mol. The Hall–Kier alpha value is -2.22. The number of fused-ring (bicyclic) bond motifs is 3. The monoisotopic (exact) mass is 514 g/mol. The van der Waals surface area contributed by atoms with E-state index < -0.39 is 41.3 Å². The molecule has 0 radical (unpaired) electrons. The van der Waals surface area contributed by atoms with E-state index in [4.69, 9.17) is 9.47 Å². The van der Waals surface area contributed by atoms with E-state index >= 15 is 0 Å². The van der Waals surface area contributed by atoms with Crippen molar-refractivity contribution in [3.63, 3.8) is 0 Å². The normalized spacial score (nSPS) is 42.4. The molecule has 0 aromatic heterocycles. The van der Waals surface area contributed by atoms with Crippen LogP contribution in [-0.4, -0.2) is 57.8 Å². The summed E-state index contributed by atoms with van der Waals surface area (Å²) in [5.41, 5.74) is -1.62. The van der Waals surface area contributed by atoms with Gasteiger partial charge in [-0.3, -0.25) is 0 Å². The Kier molecular flexibility index (Phi) is 6.92. The Balaban J connectivity index is 1.85. The maximum atomic E-state index is 12.9. The fraction of sp³-hybridized carbons (Fsp3) is 0.667. The zero-order chi connectivity index (χ0) is 27.7. The molecule has 3 N–H and O–H groups in total. The quantitative estimate of drug-likeness (QED) is 0.292. The molecular formula is C30H42O7. The first-order valence-electron chi connectivity index (χ1n) is 13.3. The number of allylic oxidation sites excluding steroid dienone is 2. The maximum Gasteiger partial charge on any atom is 0.334 e. The highest BCUT2D eigenvalue weighted by Crippen LogP contribution is 2.72. The Bertz CT molecular complexity index is 1110. The zero-order valence-corrected chi connectivity index (χ0v) is 23.2. The van der Waals surface area contributed by atoms with Crippen molar-refractivity contribution in [1.82, 2.24) is 0 Å². The molecule has 1 spiro atoms. The molecule has 2 bridgehead atoms. The smallest absolute Gasteiger partial charge is 0.334 e. The van der Waals surface area contributed by atoms with Crippen molar-refractivity contribution in [1.29, 1.82) is 0 Å². The molecule has 2 saturated carbocycles. The number of hydrogen-bond donors (Lipinski definition) is 3.